The summed E-state index contributed by atoms with van der Waals surface area (Å²) < 4.78 is 10.0. The van der Waals surface area contributed by atoms with E-state index in [-0.39, 0.29) is 22.2 Å². The number of rotatable bonds is 7. The van der Waals surface area contributed by atoms with E-state index in [1.807, 2.05) is 0 Å². The lowest BCUT2D eigenvalue weighted by molar-refractivity contribution is -0.173. The molecule has 14 heteroatoms. The summed E-state index contributed by atoms with van der Waals surface area (Å²) in [4.78, 5) is 60.3. The largest absolute Gasteiger partial charge is 0.427 e. The molecule has 0 aromatic carbocycles. The van der Waals surface area contributed by atoms with E-state index >= 15 is 0 Å². The SMILES string of the molecule is CON=C(C(=O)N[C@@H]1C(=O)N2C(C(=O)OCOC(=O)C(C)(C)C)=C(C)CS[C@H]12)c1csc(N)n1. The van der Waals surface area contributed by atoms with Crippen LogP contribution in [0.3, 0.4) is 0 Å². The average Bonchev–Trinajstić information content (AvgIpc) is 3.20. The molecule has 12 nitrogen and oxygen atoms in total. The first kappa shape index (κ1) is 25.5. The molecule has 0 radical (unpaired) electrons. The summed E-state index contributed by atoms with van der Waals surface area (Å²) in [6.45, 7) is 6.15. The Morgan fingerprint density at radius 2 is 2.03 bits per heavy atom. The molecule has 0 bridgehead atoms. The molecule has 3 rings (SSSR count). The van der Waals surface area contributed by atoms with Gasteiger partial charge in [-0.25, -0.2) is 9.78 Å². The van der Waals surface area contributed by atoms with Crippen molar-refractivity contribution in [1.29, 1.82) is 0 Å². The second-order valence-corrected chi connectivity index (χ2v) is 10.4. The van der Waals surface area contributed by atoms with Gasteiger partial charge in [-0.1, -0.05) is 5.16 Å². The van der Waals surface area contributed by atoms with Gasteiger partial charge in [0, 0.05) is 11.1 Å². The van der Waals surface area contributed by atoms with Crippen molar-refractivity contribution in [2.45, 2.75) is 39.1 Å². The number of thiazole rings is 1. The van der Waals surface area contributed by atoms with Gasteiger partial charge in [0.25, 0.3) is 11.8 Å². The Balaban J connectivity index is 1.66. The van der Waals surface area contributed by atoms with E-state index in [2.05, 4.69) is 15.5 Å². The molecule has 0 saturated carbocycles. The number of carbonyl (C=O) groups is 4. The zero-order valence-electron chi connectivity index (χ0n) is 19.2. The Hall–Kier alpha value is -3.13. The van der Waals surface area contributed by atoms with Gasteiger partial charge in [0.1, 0.15) is 29.9 Å². The van der Waals surface area contributed by atoms with Gasteiger partial charge >= 0.3 is 11.9 Å². The predicted octanol–water partition coefficient (Wildman–Crippen LogP) is 0.840. The van der Waals surface area contributed by atoms with Gasteiger partial charge in [0.05, 0.1) is 5.41 Å². The van der Waals surface area contributed by atoms with E-state index in [0.717, 1.165) is 11.3 Å². The van der Waals surface area contributed by atoms with E-state index in [0.29, 0.717) is 11.3 Å². The van der Waals surface area contributed by atoms with E-state index in [9.17, 15) is 19.2 Å². The van der Waals surface area contributed by atoms with Crippen LogP contribution < -0.4 is 11.1 Å². The van der Waals surface area contributed by atoms with Crippen molar-refractivity contribution < 1.29 is 33.5 Å². The van der Waals surface area contributed by atoms with Crippen LogP contribution in [0.1, 0.15) is 33.4 Å². The second-order valence-electron chi connectivity index (χ2n) is 8.41. The molecule has 2 atom stereocenters. The third kappa shape index (κ3) is 5.17. The quantitative estimate of drug-likeness (QED) is 0.176. The lowest BCUT2D eigenvalue weighted by Gasteiger charge is -2.49. The molecule has 1 aromatic heterocycles. The number of nitrogens with zero attached hydrogens (tertiary/aromatic N) is 3. The first-order valence-electron chi connectivity index (χ1n) is 10.1. The lowest BCUT2D eigenvalue weighted by atomic mass is 9.98. The minimum Gasteiger partial charge on any atom is -0.427 e. The molecule has 0 spiro atoms. The zero-order chi connectivity index (χ0) is 25.2. The summed E-state index contributed by atoms with van der Waals surface area (Å²) >= 11 is 2.52. The Morgan fingerprint density at radius 1 is 1.32 bits per heavy atom. The Bertz CT molecular complexity index is 1080. The highest BCUT2D eigenvalue weighted by Gasteiger charge is 2.54. The molecule has 2 aliphatic rings. The minimum atomic E-state index is -0.898. The summed E-state index contributed by atoms with van der Waals surface area (Å²) in [7, 11) is 1.28. The minimum absolute atomic E-state index is 0.0733. The number of amides is 2. The summed E-state index contributed by atoms with van der Waals surface area (Å²) in [6.07, 6.45) is 0. The van der Waals surface area contributed by atoms with Crippen molar-refractivity contribution in [3.05, 3.63) is 22.3 Å². The number of β-lactam (4-membered cyclic amide) rings is 1. The van der Waals surface area contributed by atoms with Crippen molar-refractivity contribution in [2.75, 3.05) is 25.4 Å². The van der Waals surface area contributed by atoms with Crippen LogP contribution in [-0.2, 0) is 33.5 Å². The highest BCUT2D eigenvalue weighted by Crippen LogP contribution is 2.40. The molecular weight excluding hydrogens is 486 g/mol. The maximum Gasteiger partial charge on any atom is 0.357 e. The van der Waals surface area contributed by atoms with Crippen LogP contribution in [0.25, 0.3) is 0 Å². The van der Waals surface area contributed by atoms with Gasteiger partial charge in [-0.3, -0.25) is 19.3 Å². The Kier molecular flexibility index (Phi) is 7.51. The van der Waals surface area contributed by atoms with Gasteiger partial charge in [-0.05, 0) is 33.3 Å². The van der Waals surface area contributed by atoms with Gasteiger partial charge in [-0.2, -0.15) is 0 Å². The number of hydrogen-bond donors (Lipinski definition) is 2. The standard InChI is InChI=1S/C20H25N5O7S2/c1-9-6-33-16-12(23-14(26)11(24-30-5)10-7-34-19(21)22-10)15(27)25(16)13(9)17(28)31-8-32-18(29)20(2,3)4/h7,12,16H,6,8H2,1-5H3,(H2,21,22)(H,23,26)/t12-,16-/m1/s1. The molecule has 0 aliphatic carbocycles. The molecule has 3 N–H and O–H groups in total. The summed E-state index contributed by atoms with van der Waals surface area (Å²) in [6, 6.07) is -0.898. The van der Waals surface area contributed by atoms with Gasteiger partial charge in [0.2, 0.25) is 6.79 Å². The van der Waals surface area contributed by atoms with Crippen LogP contribution >= 0.6 is 23.1 Å². The molecule has 2 amide bonds. The number of nitrogens with two attached hydrogens (primary N) is 1. The number of nitrogen functional groups attached to an aromatic ring is 1. The van der Waals surface area contributed by atoms with Crippen LogP contribution in [0.2, 0.25) is 0 Å². The maximum atomic E-state index is 12.9. The van der Waals surface area contributed by atoms with E-state index in [1.54, 1.807) is 33.1 Å². The third-order valence-corrected chi connectivity index (χ3v) is 6.89. The number of nitrogens with one attached hydrogen (secondary N) is 1. The summed E-state index contributed by atoms with van der Waals surface area (Å²) in [5.41, 5.74) is 5.67. The number of ether oxygens (including phenoxy) is 2. The molecule has 3 heterocycles. The maximum absolute atomic E-state index is 12.9. The normalized spacial score (nSPS) is 20.3. The van der Waals surface area contributed by atoms with Crippen LogP contribution in [0.5, 0.6) is 0 Å². The van der Waals surface area contributed by atoms with Gasteiger partial charge < -0.3 is 25.4 Å². The lowest BCUT2D eigenvalue weighted by Crippen LogP contribution is -2.71. The Labute approximate surface area is 203 Å². The number of hydrogen-bond acceptors (Lipinski definition) is 12. The second kappa shape index (κ2) is 10.0. The number of anilines is 1. The van der Waals surface area contributed by atoms with Crippen LogP contribution in [0, 0.1) is 5.41 Å². The van der Waals surface area contributed by atoms with Crippen molar-refractivity contribution in [2.24, 2.45) is 10.6 Å². The fourth-order valence-electron chi connectivity index (χ4n) is 3.09. The number of fused-ring (bicyclic) bond motifs is 1. The molecule has 34 heavy (non-hydrogen) atoms. The number of carbonyl (C=O) groups excluding carboxylic acids is 4. The zero-order valence-corrected chi connectivity index (χ0v) is 20.9. The van der Waals surface area contributed by atoms with E-state index in [4.69, 9.17) is 20.0 Å². The number of thioether (sulfide) groups is 1. The first-order chi connectivity index (χ1) is 16.0. The molecule has 2 aliphatic heterocycles. The number of aromatic nitrogens is 1. The highest BCUT2D eigenvalue weighted by atomic mass is 32.2. The third-order valence-electron chi connectivity index (χ3n) is 4.79. The summed E-state index contributed by atoms with van der Waals surface area (Å²) in [5.74, 6) is -2.04. The first-order valence-corrected chi connectivity index (χ1v) is 12.0. The van der Waals surface area contributed by atoms with Crippen LogP contribution in [0.4, 0.5) is 5.13 Å². The fraction of sp³-hybridized carbons (Fsp3) is 0.500. The number of oxime groups is 1. The molecule has 1 fully saturated rings. The highest BCUT2D eigenvalue weighted by molar-refractivity contribution is 8.00. The Morgan fingerprint density at radius 3 is 2.62 bits per heavy atom. The smallest absolute Gasteiger partial charge is 0.357 e. The van der Waals surface area contributed by atoms with Crippen molar-refractivity contribution >= 4 is 57.7 Å². The van der Waals surface area contributed by atoms with E-state index in [1.165, 1.54) is 23.8 Å². The molecule has 184 valence electrons. The molecule has 1 aromatic rings. The van der Waals surface area contributed by atoms with Crippen molar-refractivity contribution in [3.63, 3.8) is 0 Å². The predicted molar refractivity (Wildman–Crippen MR) is 124 cm³/mol. The average molecular weight is 512 g/mol. The topological polar surface area (TPSA) is 163 Å². The van der Waals surface area contributed by atoms with Crippen molar-refractivity contribution in [3.8, 4) is 0 Å². The van der Waals surface area contributed by atoms with Gasteiger partial charge in [0.15, 0.2) is 10.8 Å². The molecule has 1 saturated heterocycles. The number of esters is 2. The van der Waals surface area contributed by atoms with E-state index < -0.39 is 47.4 Å². The van der Waals surface area contributed by atoms with Crippen LogP contribution in [-0.4, -0.2) is 70.4 Å². The van der Waals surface area contributed by atoms with Gasteiger partial charge in [-0.15, -0.1) is 23.1 Å². The summed E-state index contributed by atoms with van der Waals surface area (Å²) in [5, 5.41) is 7.60. The molecular formula is C20H25N5O7S2. The van der Waals surface area contributed by atoms with Crippen LogP contribution in [0.15, 0.2) is 21.8 Å². The molecule has 0 unspecified atom stereocenters. The fourth-order valence-corrected chi connectivity index (χ4v) is 4.93. The monoisotopic (exact) mass is 511 g/mol. The van der Waals surface area contributed by atoms with Crippen molar-refractivity contribution in [1.82, 2.24) is 15.2 Å².